The molecule has 10 heteroatoms. The van der Waals surface area contributed by atoms with Crippen molar-refractivity contribution in [1.29, 1.82) is 0 Å². The Morgan fingerprint density at radius 2 is 1.22 bits per heavy atom. The van der Waals surface area contributed by atoms with Crippen LogP contribution in [-0.2, 0) is 75.6 Å². The summed E-state index contributed by atoms with van der Waals surface area (Å²) in [6.07, 6.45) is 0.441. The molecular formula is C8H15O7PZr2. The van der Waals surface area contributed by atoms with Gasteiger partial charge >= 0.3 is 20.2 Å². The van der Waals surface area contributed by atoms with E-state index in [4.69, 9.17) is 19.3 Å². The van der Waals surface area contributed by atoms with Crippen molar-refractivity contribution in [2.24, 2.45) is 0 Å². The van der Waals surface area contributed by atoms with E-state index in [-0.39, 0.29) is 91.3 Å². The van der Waals surface area contributed by atoms with Crippen molar-refractivity contribution >= 4 is 20.2 Å². The molecule has 0 aliphatic rings. The fraction of sp³-hybridized carbons (Fsp3) is 0.750. The van der Waals surface area contributed by atoms with Crippen LogP contribution in [0.15, 0.2) is 0 Å². The largest absolute Gasteiger partial charge is 0.481 e. The van der Waals surface area contributed by atoms with Gasteiger partial charge in [0.2, 0.25) is 0 Å². The third-order valence-electron chi connectivity index (χ3n) is 1.51. The van der Waals surface area contributed by atoms with E-state index in [9.17, 15) is 14.2 Å². The van der Waals surface area contributed by atoms with Crippen LogP contribution in [0.1, 0.15) is 25.7 Å². The fourth-order valence-corrected chi connectivity index (χ4v) is 1.50. The first kappa shape index (κ1) is 23.9. The molecule has 2 N–H and O–H groups in total. The Morgan fingerprint density at radius 1 is 0.889 bits per heavy atom. The number of rotatable bonds is 10. The van der Waals surface area contributed by atoms with Crippen LogP contribution in [0, 0.1) is 0 Å². The molecule has 0 saturated heterocycles. The van der Waals surface area contributed by atoms with E-state index in [0.717, 1.165) is 0 Å². The Bertz CT molecular complexity index is 238. The standard InChI is InChI=1S/C8H15O7P.2Zr/c9-7(10)3-1-5-14-16(13)15-6-2-4-8(11)12;;/h16H,1-6H2,(H,9,10)(H,11,12);;. The number of carbonyl (C=O) groups is 2. The Kier molecular flexibility index (Phi) is 21.1. The molecule has 0 fully saturated rings. The van der Waals surface area contributed by atoms with Gasteiger partial charge in [0.05, 0.1) is 13.2 Å². The predicted molar refractivity (Wildman–Crippen MR) is 54.6 cm³/mol. The molecule has 0 saturated carbocycles. The SMILES string of the molecule is O=C(O)CCCO[PH](=O)OCCCC(=O)O.[Zr].[Zr]. The van der Waals surface area contributed by atoms with Gasteiger partial charge in [0.15, 0.2) is 0 Å². The van der Waals surface area contributed by atoms with E-state index >= 15 is 0 Å². The first-order valence-corrected chi connectivity index (χ1v) is 5.98. The summed E-state index contributed by atoms with van der Waals surface area (Å²) in [4.78, 5) is 20.2. The van der Waals surface area contributed by atoms with Gasteiger partial charge in [-0.05, 0) is 12.8 Å². The first-order chi connectivity index (χ1) is 7.52. The maximum absolute atomic E-state index is 11.0. The third-order valence-corrected chi connectivity index (χ3v) is 2.39. The number of aliphatic carboxylic acids is 2. The van der Waals surface area contributed by atoms with Crippen molar-refractivity contribution in [3.8, 4) is 0 Å². The molecule has 0 aromatic heterocycles. The van der Waals surface area contributed by atoms with Gasteiger partial charge < -0.3 is 19.3 Å². The minimum Gasteiger partial charge on any atom is -0.481 e. The molecule has 0 aromatic carbocycles. The van der Waals surface area contributed by atoms with Crippen LogP contribution in [0.4, 0.5) is 0 Å². The predicted octanol–water partition coefficient (Wildman–Crippen LogP) is 1.13. The molecule has 0 aliphatic carbocycles. The van der Waals surface area contributed by atoms with E-state index in [1.54, 1.807) is 0 Å². The molecule has 0 aliphatic heterocycles. The maximum Gasteiger partial charge on any atom is 0.319 e. The number of hydrogen-bond donors (Lipinski definition) is 2. The van der Waals surface area contributed by atoms with E-state index in [0.29, 0.717) is 0 Å². The molecule has 0 unspecified atom stereocenters. The maximum atomic E-state index is 11.0. The molecule has 0 aromatic rings. The summed E-state index contributed by atoms with van der Waals surface area (Å²) in [7, 11) is -2.62. The molecule has 18 heavy (non-hydrogen) atoms. The van der Waals surface area contributed by atoms with Gasteiger partial charge in [-0.1, -0.05) is 0 Å². The molecule has 0 radical (unpaired) electrons. The summed E-state index contributed by atoms with van der Waals surface area (Å²) in [6, 6.07) is 0. The number of carboxylic acids is 2. The average Bonchev–Trinajstić information content (AvgIpc) is 2.19. The normalized spacial score (nSPS) is 9.39. The fourth-order valence-electron chi connectivity index (χ4n) is 0.799. The summed E-state index contributed by atoms with van der Waals surface area (Å²) < 4.78 is 20.4. The Balaban J connectivity index is -0.00000112. The molecule has 102 valence electrons. The summed E-state index contributed by atoms with van der Waals surface area (Å²) in [5.41, 5.74) is 0. The van der Waals surface area contributed by atoms with Crippen molar-refractivity contribution in [3.63, 3.8) is 0 Å². The second kappa shape index (κ2) is 15.9. The minimum atomic E-state index is -2.62. The zero-order valence-corrected chi connectivity index (χ0v) is 15.6. The number of carboxylic acid groups (broad SMARTS) is 2. The molecule has 0 amide bonds. The molecule has 0 rings (SSSR count). The molecule has 0 heterocycles. The van der Waals surface area contributed by atoms with Crippen molar-refractivity contribution in [2.45, 2.75) is 25.7 Å². The minimum absolute atomic E-state index is 0. The molecule has 7 nitrogen and oxygen atoms in total. The van der Waals surface area contributed by atoms with Crippen LogP contribution in [-0.4, -0.2) is 35.4 Å². The summed E-state index contributed by atoms with van der Waals surface area (Å²) >= 11 is 0. The third kappa shape index (κ3) is 19.2. The van der Waals surface area contributed by atoms with Crippen LogP contribution in [0.2, 0.25) is 0 Å². The van der Waals surface area contributed by atoms with Gasteiger partial charge in [-0.2, -0.15) is 0 Å². The topological polar surface area (TPSA) is 110 Å². The Hall–Kier alpha value is 0.856. The summed E-state index contributed by atoms with van der Waals surface area (Å²) in [5.74, 6) is -1.88. The van der Waals surface area contributed by atoms with Crippen LogP contribution in [0.25, 0.3) is 0 Å². The Labute approximate surface area is 144 Å². The van der Waals surface area contributed by atoms with E-state index < -0.39 is 20.2 Å². The van der Waals surface area contributed by atoms with Gasteiger partial charge in [0.25, 0.3) is 0 Å². The van der Waals surface area contributed by atoms with Crippen molar-refractivity contribution in [1.82, 2.24) is 0 Å². The van der Waals surface area contributed by atoms with E-state index in [1.807, 2.05) is 0 Å². The first-order valence-electron chi connectivity index (χ1n) is 4.75. The average molecular weight is 437 g/mol. The second-order valence-corrected chi connectivity index (χ2v) is 4.02. The van der Waals surface area contributed by atoms with Crippen LogP contribution in [0.5, 0.6) is 0 Å². The van der Waals surface area contributed by atoms with Gasteiger partial charge in [0.1, 0.15) is 0 Å². The molecule has 0 spiro atoms. The monoisotopic (exact) mass is 434 g/mol. The summed E-state index contributed by atoms with van der Waals surface area (Å²) in [5, 5.41) is 16.6. The smallest absolute Gasteiger partial charge is 0.319 e. The zero-order valence-electron chi connectivity index (χ0n) is 9.68. The molecular weight excluding hydrogens is 422 g/mol. The zero-order chi connectivity index (χ0) is 12.4. The van der Waals surface area contributed by atoms with Gasteiger partial charge in [-0.3, -0.25) is 14.2 Å². The van der Waals surface area contributed by atoms with Crippen molar-refractivity contribution in [2.75, 3.05) is 13.2 Å². The van der Waals surface area contributed by atoms with Crippen LogP contribution < -0.4 is 0 Å². The summed E-state index contributed by atoms with van der Waals surface area (Å²) in [6.45, 7) is 0.117. The van der Waals surface area contributed by atoms with Crippen molar-refractivity contribution in [3.05, 3.63) is 0 Å². The number of hydrogen-bond acceptors (Lipinski definition) is 5. The van der Waals surface area contributed by atoms with Gasteiger partial charge in [-0.15, -0.1) is 0 Å². The second-order valence-electron chi connectivity index (χ2n) is 2.94. The molecule has 0 bridgehead atoms. The Morgan fingerprint density at radius 3 is 1.50 bits per heavy atom. The van der Waals surface area contributed by atoms with E-state index in [2.05, 4.69) is 0 Å². The van der Waals surface area contributed by atoms with Gasteiger partial charge in [0, 0.05) is 65.2 Å². The van der Waals surface area contributed by atoms with Crippen molar-refractivity contribution < 1.29 is 85.8 Å². The van der Waals surface area contributed by atoms with Crippen LogP contribution in [0.3, 0.4) is 0 Å². The van der Waals surface area contributed by atoms with E-state index in [1.165, 1.54) is 0 Å². The molecule has 0 atom stereocenters. The van der Waals surface area contributed by atoms with Crippen LogP contribution >= 0.6 is 8.25 Å². The quantitative estimate of drug-likeness (QED) is 0.390. The van der Waals surface area contributed by atoms with Gasteiger partial charge in [-0.25, -0.2) is 0 Å².